The van der Waals surface area contributed by atoms with Crippen LogP contribution in [0, 0.1) is 0 Å². The largest absolute Gasteiger partial charge is 0.393 e. The van der Waals surface area contributed by atoms with Crippen molar-refractivity contribution in [1.82, 2.24) is 5.32 Å². The summed E-state index contributed by atoms with van der Waals surface area (Å²) in [5.41, 5.74) is -1.05. The first-order valence-electron chi connectivity index (χ1n) is 4.30. The molecule has 3 N–H and O–H groups in total. The average Bonchev–Trinajstić information content (AvgIpc) is 2.51. The van der Waals surface area contributed by atoms with Crippen LogP contribution in [0.25, 0.3) is 0 Å². The van der Waals surface area contributed by atoms with Gasteiger partial charge in [0.15, 0.2) is 0 Å². The lowest BCUT2D eigenvalue weighted by Gasteiger charge is -2.20. The standard InChI is InChI=1S/C9H14ClNO2S/c1-9(13,6-12)5-11-3-8-2-7(10)4-14-8/h2,4,11-13H,3,5-6H2,1H3. The fraction of sp³-hybridized carbons (Fsp3) is 0.556. The number of aliphatic hydroxyl groups excluding tert-OH is 1. The topological polar surface area (TPSA) is 52.5 Å². The van der Waals surface area contributed by atoms with Crippen LogP contribution in [0.4, 0.5) is 0 Å². The van der Waals surface area contributed by atoms with Crippen molar-refractivity contribution in [2.75, 3.05) is 13.2 Å². The summed E-state index contributed by atoms with van der Waals surface area (Å²) in [6, 6.07) is 1.88. The molecular weight excluding hydrogens is 222 g/mol. The molecule has 0 aliphatic heterocycles. The molecule has 1 aromatic heterocycles. The molecule has 0 bridgehead atoms. The van der Waals surface area contributed by atoms with Crippen LogP contribution in [0.5, 0.6) is 0 Å². The normalized spacial score (nSPS) is 15.4. The number of nitrogens with one attached hydrogen (secondary N) is 1. The monoisotopic (exact) mass is 235 g/mol. The minimum absolute atomic E-state index is 0.245. The quantitative estimate of drug-likeness (QED) is 0.720. The Bertz CT molecular complexity index is 288. The van der Waals surface area contributed by atoms with E-state index >= 15 is 0 Å². The van der Waals surface area contributed by atoms with E-state index in [-0.39, 0.29) is 6.61 Å². The van der Waals surface area contributed by atoms with E-state index in [0.717, 1.165) is 9.90 Å². The molecule has 0 fully saturated rings. The smallest absolute Gasteiger partial charge is 0.0972 e. The highest BCUT2D eigenvalue weighted by atomic mass is 35.5. The van der Waals surface area contributed by atoms with Gasteiger partial charge in [-0.1, -0.05) is 11.6 Å². The summed E-state index contributed by atoms with van der Waals surface area (Å²) in [7, 11) is 0. The van der Waals surface area contributed by atoms with Gasteiger partial charge in [0.1, 0.15) is 0 Å². The number of hydrogen-bond donors (Lipinski definition) is 3. The van der Waals surface area contributed by atoms with E-state index < -0.39 is 5.60 Å². The summed E-state index contributed by atoms with van der Waals surface area (Å²) >= 11 is 7.32. The minimum Gasteiger partial charge on any atom is -0.393 e. The highest BCUT2D eigenvalue weighted by Gasteiger charge is 2.17. The Kier molecular flexibility index (Phi) is 4.34. The second kappa shape index (κ2) is 5.09. The lowest BCUT2D eigenvalue weighted by atomic mass is 10.1. The van der Waals surface area contributed by atoms with Crippen LogP contribution in [0.1, 0.15) is 11.8 Å². The predicted octanol–water partition coefficient (Wildman–Crippen LogP) is 1.23. The van der Waals surface area contributed by atoms with Gasteiger partial charge in [0.05, 0.1) is 17.2 Å². The molecule has 0 aliphatic rings. The molecule has 14 heavy (non-hydrogen) atoms. The number of halogens is 1. The number of thiophene rings is 1. The molecule has 1 atom stereocenters. The van der Waals surface area contributed by atoms with E-state index in [4.69, 9.17) is 16.7 Å². The fourth-order valence-corrected chi connectivity index (χ4v) is 2.00. The summed E-state index contributed by atoms with van der Waals surface area (Å²) < 4.78 is 0. The van der Waals surface area contributed by atoms with Crippen molar-refractivity contribution in [2.24, 2.45) is 0 Å². The van der Waals surface area contributed by atoms with Crippen molar-refractivity contribution in [3.05, 3.63) is 21.3 Å². The molecule has 0 spiro atoms. The van der Waals surface area contributed by atoms with Gasteiger partial charge in [-0.15, -0.1) is 11.3 Å². The van der Waals surface area contributed by atoms with Gasteiger partial charge < -0.3 is 15.5 Å². The van der Waals surface area contributed by atoms with E-state index in [2.05, 4.69) is 5.32 Å². The van der Waals surface area contributed by atoms with Crippen molar-refractivity contribution in [3.63, 3.8) is 0 Å². The number of aliphatic hydroxyl groups is 2. The van der Waals surface area contributed by atoms with Gasteiger partial charge >= 0.3 is 0 Å². The van der Waals surface area contributed by atoms with Gasteiger partial charge in [-0.3, -0.25) is 0 Å². The van der Waals surface area contributed by atoms with Crippen LogP contribution in [0.15, 0.2) is 11.4 Å². The molecule has 0 aromatic carbocycles. The van der Waals surface area contributed by atoms with Gasteiger partial charge in [0.25, 0.3) is 0 Å². The molecule has 0 radical (unpaired) electrons. The molecular formula is C9H14ClNO2S. The predicted molar refractivity (Wildman–Crippen MR) is 58.7 cm³/mol. The molecule has 1 aromatic rings. The summed E-state index contributed by atoms with van der Waals surface area (Å²) in [4.78, 5) is 1.11. The van der Waals surface area contributed by atoms with Crippen LogP contribution in [0.2, 0.25) is 5.02 Å². The van der Waals surface area contributed by atoms with Crippen LogP contribution in [0.3, 0.4) is 0 Å². The summed E-state index contributed by atoms with van der Waals surface area (Å²) in [6.45, 7) is 2.36. The SMILES string of the molecule is CC(O)(CO)CNCc1cc(Cl)cs1. The average molecular weight is 236 g/mol. The van der Waals surface area contributed by atoms with E-state index in [1.165, 1.54) is 0 Å². The summed E-state index contributed by atoms with van der Waals surface area (Å²) in [5, 5.41) is 23.9. The minimum atomic E-state index is -1.05. The van der Waals surface area contributed by atoms with Crippen molar-refractivity contribution < 1.29 is 10.2 Å². The van der Waals surface area contributed by atoms with Gasteiger partial charge in [-0.25, -0.2) is 0 Å². The molecule has 1 unspecified atom stereocenters. The number of rotatable bonds is 5. The molecule has 5 heteroatoms. The highest BCUT2D eigenvalue weighted by Crippen LogP contribution is 2.18. The van der Waals surface area contributed by atoms with Crippen LogP contribution in [-0.4, -0.2) is 29.0 Å². The maximum atomic E-state index is 9.47. The summed E-state index contributed by atoms with van der Waals surface area (Å²) in [5.74, 6) is 0. The first kappa shape index (κ1) is 11.9. The van der Waals surface area contributed by atoms with E-state index in [0.29, 0.717) is 13.1 Å². The Morgan fingerprint density at radius 1 is 1.64 bits per heavy atom. The zero-order valence-corrected chi connectivity index (χ0v) is 9.53. The third kappa shape index (κ3) is 3.94. The van der Waals surface area contributed by atoms with E-state index in [1.807, 2.05) is 11.4 Å². The zero-order chi connectivity index (χ0) is 10.6. The maximum absolute atomic E-state index is 9.47. The second-order valence-electron chi connectivity index (χ2n) is 3.49. The first-order chi connectivity index (χ1) is 6.53. The lowest BCUT2D eigenvalue weighted by molar-refractivity contribution is 0.00258. The molecule has 3 nitrogen and oxygen atoms in total. The molecule has 0 aliphatic carbocycles. The molecule has 80 valence electrons. The third-order valence-electron chi connectivity index (χ3n) is 1.77. The molecule has 0 saturated carbocycles. The third-order valence-corrected chi connectivity index (χ3v) is 3.05. The molecule has 0 amide bonds. The van der Waals surface area contributed by atoms with Crippen LogP contribution >= 0.6 is 22.9 Å². The molecule has 1 rings (SSSR count). The Morgan fingerprint density at radius 3 is 2.86 bits per heavy atom. The van der Waals surface area contributed by atoms with E-state index in [1.54, 1.807) is 18.3 Å². The Balaban J connectivity index is 2.28. The second-order valence-corrected chi connectivity index (χ2v) is 4.92. The molecule has 0 saturated heterocycles. The van der Waals surface area contributed by atoms with Crippen molar-refractivity contribution in [3.8, 4) is 0 Å². The zero-order valence-electron chi connectivity index (χ0n) is 7.96. The van der Waals surface area contributed by atoms with Crippen LogP contribution < -0.4 is 5.32 Å². The van der Waals surface area contributed by atoms with Gasteiger partial charge in [0, 0.05) is 23.3 Å². The maximum Gasteiger partial charge on any atom is 0.0972 e. The molecule has 1 heterocycles. The fourth-order valence-electron chi connectivity index (χ4n) is 0.957. The first-order valence-corrected chi connectivity index (χ1v) is 5.56. The van der Waals surface area contributed by atoms with Gasteiger partial charge in [0.2, 0.25) is 0 Å². The van der Waals surface area contributed by atoms with Crippen molar-refractivity contribution in [1.29, 1.82) is 0 Å². The Hall–Kier alpha value is -0.130. The van der Waals surface area contributed by atoms with Gasteiger partial charge in [-0.05, 0) is 13.0 Å². The van der Waals surface area contributed by atoms with Crippen LogP contribution in [-0.2, 0) is 6.54 Å². The number of hydrogen-bond acceptors (Lipinski definition) is 4. The highest BCUT2D eigenvalue weighted by molar-refractivity contribution is 7.10. The summed E-state index contributed by atoms with van der Waals surface area (Å²) in [6.07, 6.45) is 0. The van der Waals surface area contributed by atoms with Crippen molar-refractivity contribution in [2.45, 2.75) is 19.1 Å². The van der Waals surface area contributed by atoms with E-state index in [9.17, 15) is 5.11 Å². The lowest BCUT2D eigenvalue weighted by Crippen LogP contribution is -2.40. The van der Waals surface area contributed by atoms with Crippen molar-refractivity contribution >= 4 is 22.9 Å². The Morgan fingerprint density at radius 2 is 2.36 bits per heavy atom. The Labute approximate surface area is 92.3 Å². The van der Waals surface area contributed by atoms with Gasteiger partial charge in [-0.2, -0.15) is 0 Å².